The van der Waals surface area contributed by atoms with Gasteiger partial charge in [0.15, 0.2) is 0 Å². The summed E-state index contributed by atoms with van der Waals surface area (Å²) in [6.07, 6.45) is 3.21. The first-order valence-electron chi connectivity index (χ1n) is 5.63. The van der Waals surface area contributed by atoms with Crippen molar-refractivity contribution >= 4 is 16.6 Å². The van der Waals surface area contributed by atoms with Crippen LogP contribution in [0.5, 0.6) is 0 Å². The first kappa shape index (κ1) is 8.84. The zero-order valence-corrected chi connectivity index (χ0v) is 9.25. The van der Waals surface area contributed by atoms with E-state index in [0.29, 0.717) is 6.04 Å². The normalized spacial score (nSPS) is 15.3. The van der Waals surface area contributed by atoms with Crippen LogP contribution in [0, 0.1) is 0 Å². The molecule has 0 bridgehead atoms. The van der Waals surface area contributed by atoms with E-state index in [1.807, 2.05) is 6.20 Å². The van der Waals surface area contributed by atoms with E-state index in [-0.39, 0.29) is 0 Å². The van der Waals surface area contributed by atoms with Crippen LogP contribution < -0.4 is 4.90 Å². The monoisotopic (exact) mass is 200 g/mol. The Labute approximate surface area is 89.9 Å². The number of aromatic amines is 1. The Hall–Kier alpha value is -1.44. The maximum absolute atomic E-state index is 3.27. The molecule has 1 aromatic carbocycles. The van der Waals surface area contributed by atoms with E-state index in [0.717, 1.165) is 6.54 Å². The third-order valence-corrected chi connectivity index (χ3v) is 3.36. The van der Waals surface area contributed by atoms with Crippen LogP contribution in [0.1, 0.15) is 19.4 Å². The molecule has 0 saturated carbocycles. The summed E-state index contributed by atoms with van der Waals surface area (Å²) in [5.74, 6) is 0. The van der Waals surface area contributed by atoms with Crippen molar-refractivity contribution in [3.63, 3.8) is 0 Å². The molecular weight excluding hydrogens is 184 g/mol. The number of aromatic nitrogens is 1. The minimum Gasteiger partial charge on any atom is -0.369 e. The molecular formula is C13H16N2. The standard InChI is InChI=1S/C13H16N2/c1-9(2)15-8-6-11-10-5-7-14-12(10)3-4-13(11)15/h3-5,7,9,14H,6,8H2,1-2H3. The smallest absolute Gasteiger partial charge is 0.0458 e. The van der Waals surface area contributed by atoms with Crippen LogP contribution in [-0.2, 0) is 6.42 Å². The summed E-state index contributed by atoms with van der Waals surface area (Å²) >= 11 is 0. The Morgan fingerprint density at radius 2 is 2.13 bits per heavy atom. The summed E-state index contributed by atoms with van der Waals surface area (Å²) in [4.78, 5) is 5.76. The average molecular weight is 200 g/mol. The minimum atomic E-state index is 0.600. The van der Waals surface area contributed by atoms with Crippen molar-refractivity contribution < 1.29 is 0 Å². The molecule has 2 heteroatoms. The quantitative estimate of drug-likeness (QED) is 0.750. The van der Waals surface area contributed by atoms with Gasteiger partial charge in [0.2, 0.25) is 0 Å². The van der Waals surface area contributed by atoms with Crippen LogP contribution in [0.2, 0.25) is 0 Å². The lowest BCUT2D eigenvalue weighted by atomic mass is 10.1. The van der Waals surface area contributed by atoms with E-state index in [4.69, 9.17) is 0 Å². The van der Waals surface area contributed by atoms with Gasteiger partial charge in [-0.3, -0.25) is 0 Å². The van der Waals surface area contributed by atoms with Gasteiger partial charge in [0.25, 0.3) is 0 Å². The predicted molar refractivity (Wildman–Crippen MR) is 64.5 cm³/mol. The number of fused-ring (bicyclic) bond motifs is 3. The summed E-state index contributed by atoms with van der Waals surface area (Å²) in [6.45, 7) is 5.68. The number of rotatable bonds is 1. The molecule has 0 saturated heterocycles. The molecule has 1 N–H and O–H groups in total. The lowest BCUT2D eigenvalue weighted by Crippen LogP contribution is -2.28. The van der Waals surface area contributed by atoms with Crippen molar-refractivity contribution in [3.8, 4) is 0 Å². The molecule has 0 radical (unpaired) electrons. The van der Waals surface area contributed by atoms with E-state index in [2.05, 4.69) is 41.9 Å². The highest BCUT2D eigenvalue weighted by molar-refractivity contribution is 5.89. The van der Waals surface area contributed by atoms with Crippen molar-refractivity contribution in [2.75, 3.05) is 11.4 Å². The Morgan fingerprint density at radius 1 is 1.27 bits per heavy atom. The molecule has 0 unspecified atom stereocenters. The summed E-state index contributed by atoms with van der Waals surface area (Å²) in [5, 5.41) is 1.40. The van der Waals surface area contributed by atoms with Crippen LogP contribution in [0.4, 0.5) is 5.69 Å². The number of hydrogen-bond donors (Lipinski definition) is 1. The van der Waals surface area contributed by atoms with Crippen LogP contribution >= 0.6 is 0 Å². The summed E-state index contributed by atoms with van der Waals surface area (Å²) in [5.41, 5.74) is 4.21. The van der Waals surface area contributed by atoms with Crippen molar-refractivity contribution in [2.24, 2.45) is 0 Å². The lowest BCUT2D eigenvalue weighted by Gasteiger charge is -2.23. The van der Waals surface area contributed by atoms with E-state index >= 15 is 0 Å². The second kappa shape index (κ2) is 3.02. The molecule has 2 heterocycles. The van der Waals surface area contributed by atoms with Crippen molar-refractivity contribution in [3.05, 3.63) is 30.0 Å². The van der Waals surface area contributed by atoms with Crippen LogP contribution in [-0.4, -0.2) is 17.6 Å². The molecule has 0 spiro atoms. The van der Waals surface area contributed by atoms with Crippen molar-refractivity contribution in [2.45, 2.75) is 26.3 Å². The van der Waals surface area contributed by atoms with Gasteiger partial charge < -0.3 is 9.88 Å². The molecule has 0 amide bonds. The van der Waals surface area contributed by atoms with Gasteiger partial charge in [-0.25, -0.2) is 0 Å². The van der Waals surface area contributed by atoms with Gasteiger partial charge in [-0.15, -0.1) is 0 Å². The minimum absolute atomic E-state index is 0.600. The number of hydrogen-bond acceptors (Lipinski definition) is 1. The Morgan fingerprint density at radius 3 is 2.93 bits per heavy atom. The maximum Gasteiger partial charge on any atom is 0.0458 e. The van der Waals surface area contributed by atoms with Gasteiger partial charge >= 0.3 is 0 Å². The Kier molecular flexibility index (Phi) is 1.78. The lowest BCUT2D eigenvalue weighted by molar-refractivity contribution is 0.710. The molecule has 1 aliphatic heterocycles. The first-order chi connectivity index (χ1) is 7.27. The maximum atomic E-state index is 3.27. The number of nitrogens with zero attached hydrogens (tertiary/aromatic N) is 1. The molecule has 2 nitrogen and oxygen atoms in total. The van der Waals surface area contributed by atoms with E-state index in [1.54, 1.807) is 0 Å². The van der Waals surface area contributed by atoms with Crippen molar-refractivity contribution in [1.82, 2.24) is 4.98 Å². The molecule has 78 valence electrons. The predicted octanol–water partition coefficient (Wildman–Crippen LogP) is 2.94. The number of nitrogens with one attached hydrogen (secondary N) is 1. The molecule has 0 atom stereocenters. The average Bonchev–Trinajstić information content (AvgIpc) is 2.82. The fraction of sp³-hybridized carbons (Fsp3) is 0.385. The number of anilines is 1. The number of H-pyrrole nitrogens is 1. The van der Waals surface area contributed by atoms with Gasteiger partial charge in [-0.2, -0.15) is 0 Å². The highest BCUT2D eigenvalue weighted by Gasteiger charge is 2.22. The van der Waals surface area contributed by atoms with Crippen LogP contribution in [0.25, 0.3) is 10.9 Å². The van der Waals surface area contributed by atoms with E-state index < -0.39 is 0 Å². The van der Waals surface area contributed by atoms with Crippen LogP contribution in [0.3, 0.4) is 0 Å². The molecule has 0 fully saturated rings. The third-order valence-electron chi connectivity index (χ3n) is 3.36. The zero-order chi connectivity index (χ0) is 10.4. The third kappa shape index (κ3) is 1.17. The highest BCUT2D eigenvalue weighted by atomic mass is 15.2. The fourth-order valence-corrected chi connectivity index (χ4v) is 2.61. The first-order valence-corrected chi connectivity index (χ1v) is 5.63. The summed E-state index contributed by atoms with van der Waals surface area (Å²) in [7, 11) is 0. The van der Waals surface area contributed by atoms with Gasteiger partial charge in [0.05, 0.1) is 0 Å². The van der Waals surface area contributed by atoms with E-state index in [1.165, 1.54) is 28.6 Å². The second-order valence-corrected chi connectivity index (χ2v) is 4.54. The highest BCUT2D eigenvalue weighted by Crippen LogP contribution is 2.34. The Balaban J connectivity index is 2.21. The molecule has 1 aliphatic rings. The number of benzene rings is 1. The molecule has 3 rings (SSSR count). The van der Waals surface area contributed by atoms with Crippen LogP contribution in [0.15, 0.2) is 24.4 Å². The SMILES string of the molecule is CC(C)N1CCc2c1ccc1[nH]ccc21. The van der Waals surface area contributed by atoms with Crippen molar-refractivity contribution in [1.29, 1.82) is 0 Å². The van der Waals surface area contributed by atoms with Gasteiger partial charge in [0, 0.05) is 35.4 Å². The topological polar surface area (TPSA) is 19.0 Å². The fourth-order valence-electron chi connectivity index (χ4n) is 2.61. The molecule has 1 aromatic heterocycles. The summed E-state index contributed by atoms with van der Waals surface area (Å²) < 4.78 is 0. The second-order valence-electron chi connectivity index (χ2n) is 4.54. The zero-order valence-electron chi connectivity index (χ0n) is 9.25. The van der Waals surface area contributed by atoms with Gasteiger partial charge in [-0.05, 0) is 44.0 Å². The van der Waals surface area contributed by atoms with Gasteiger partial charge in [0.1, 0.15) is 0 Å². The molecule has 2 aromatic rings. The molecule has 15 heavy (non-hydrogen) atoms. The van der Waals surface area contributed by atoms with Gasteiger partial charge in [-0.1, -0.05) is 0 Å². The summed E-state index contributed by atoms with van der Waals surface area (Å²) in [6, 6.07) is 7.23. The molecule has 0 aliphatic carbocycles. The largest absolute Gasteiger partial charge is 0.369 e. The Bertz CT molecular complexity index is 496. The van der Waals surface area contributed by atoms with E-state index in [9.17, 15) is 0 Å².